The summed E-state index contributed by atoms with van der Waals surface area (Å²) in [4.78, 5) is 42.5. The van der Waals surface area contributed by atoms with Crippen molar-refractivity contribution in [1.82, 2.24) is 15.1 Å². The fourth-order valence-electron chi connectivity index (χ4n) is 4.24. The molecule has 7 nitrogen and oxygen atoms in total. The number of rotatable bonds is 8. The molecule has 0 aliphatic heterocycles. The van der Waals surface area contributed by atoms with Crippen molar-refractivity contribution in [3.8, 4) is 0 Å². The maximum atomic E-state index is 14.0. The second kappa shape index (κ2) is 12.1. The zero-order valence-electron chi connectivity index (χ0n) is 22.8. The molecule has 1 N–H and O–H groups in total. The lowest BCUT2D eigenvalue weighted by molar-refractivity contribution is -0.142. The summed E-state index contributed by atoms with van der Waals surface area (Å²) in [6, 6.07) is 17.8. The first kappa shape index (κ1) is 28.6. The van der Waals surface area contributed by atoms with Crippen LogP contribution in [0.2, 0.25) is 0 Å². The van der Waals surface area contributed by atoms with E-state index in [2.05, 4.69) is 5.32 Å². The van der Waals surface area contributed by atoms with Crippen molar-refractivity contribution >= 4 is 28.7 Å². The van der Waals surface area contributed by atoms with E-state index in [9.17, 15) is 18.8 Å². The highest BCUT2D eigenvalue weighted by atomic mass is 19.1. The van der Waals surface area contributed by atoms with E-state index in [1.54, 1.807) is 40.0 Å². The van der Waals surface area contributed by atoms with Crippen LogP contribution in [0.25, 0.3) is 10.8 Å². The number of halogens is 1. The average molecular weight is 522 g/mol. The molecule has 2 atom stereocenters. The van der Waals surface area contributed by atoms with Crippen LogP contribution in [0.4, 0.5) is 9.18 Å². The minimum atomic E-state index is -0.934. The van der Waals surface area contributed by atoms with E-state index in [1.807, 2.05) is 42.5 Å². The molecule has 0 aliphatic rings. The monoisotopic (exact) mass is 521 g/mol. The standard InChI is InChI=1S/C30H36FN3O4/c1-30(2,3)38-29(37)34(6)26(19-21-11-14-22-9-7-8-10-23(22)17-21)28(36)33(5)25(27(35)32-4)18-20-12-15-24(31)16-13-20/h7-17,25-26H,18-19H2,1-6H3,(H,32,35)/t25-,26-/m1/s1. The van der Waals surface area contributed by atoms with Gasteiger partial charge in [0.15, 0.2) is 0 Å². The van der Waals surface area contributed by atoms with Crippen LogP contribution < -0.4 is 5.32 Å². The van der Waals surface area contributed by atoms with Crippen molar-refractivity contribution in [3.05, 3.63) is 83.7 Å². The number of hydrogen-bond donors (Lipinski definition) is 1. The molecule has 0 radical (unpaired) electrons. The molecular formula is C30H36FN3O4. The molecule has 3 rings (SSSR count). The van der Waals surface area contributed by atoms with Crippen LogP contribution in [0, 0.1) is 5.82 Å². The van der Waals surface area contributed by atoms with Crippen molar-refractivity contribution in [2.24, 2.45) is 0 Å². The van der Waals surface area contributed by atoms with Gasteiger partial charge in [0.05, 0.1) is 0 Å². The number of ether oxygens (including phenoxy) is 1. The van der Waals surface area contributed by atoms with Gasteiger partial charge >= 0.3 is 6.09 Å². The molecule has 0 aromatic heterocycles. The lowest BCUT2D eigenvalue weighted by Crippen LogP contribution is -2.56. The second-order valence-corrected chi connectivity index (χ2v) is 10.4. The summed E-state index contributed by atoms with van der Waals surface area (Å²) in [5.41, 5.74) is 0.813. The number of fused-ring (bicyclic) bond motifs is 1. The van der Waals surface area contributed by atoms with Gasteiger partial charge in [-0.15, -0.1) is 0 Å². The molecule has 0 saturated heterocycles. The number of amides is 3. The van der Waals surface area contributed by atoms with Crippen molar-refractivity contribution in [1.29, 1.82) is 0 Å². The summed E-state index contributed by atoms with van der Waals surface area (Å²) in [6.07, 6.45) is -0.234. The molecule has 8 heteroatoms. The van der Waals surface area contributed by atoms with Crippen LogP contribution >= 0.6 is 0 Å². The Morgan fingerprint density at radius 3 is 2.03 bits per heavy atom. The number of likely N-dealkylation sites (N-methyl/N-ethyl adjacent to an activating group) is 3. The summed E-state index contributed by atoms with van der Waals surface area (Å²) in [5.74, 6) is -1.17. The van der Waals surface area contributed by atoms with Gasteiger partial charge in [-0.05, 0) is 54.8 Å². The molecular weight excluding hydrogens is 485 g/mol. The molecule has 3 aromatic carbocycles. The van der Waals surface area contributed by atoms with E-state index in [4.69, 9.17) is 4.74 Å². The highest BCUT2D eigenvalue weighted by molar-refractivity contribution is 5.91. The third-order valence-corrected chi connectivity index (χ3v) is 6.38. The Kier molecular flexibility index (Phi) is 9.09. The molecule has 3 amide bonds. The van der Waals surface area contributed by atoms with Gasteiger partial charge in [0, 0.05) is 34.0 Å². The van der Waals surface area contributed by atoms with Crippen LogP contribution in [-0.4, -0.2) is 66.5 Å². The molecule has 3 aromatic rings. The fraction of sp³-hybridized carbons (Fsp3) is 0.367. The SMILES string of the molecule is CNC(=O)[C@@H](Cc1ccc(F)cc1)N(C)C(=O)[C@@H](Cc1ccc2ccccc2c1)N(C)C(=O)OC(C)(C)C. The van der Waals surface area contributed by atoms with E-state index in [-0.39, 0.29) is 24.6 Å². The van der Waals surface area contributed by atoms with Gasteiger partial charge in [0.25, 0.3) is 0 Å². The zero-order valence-corrected chi connectivity index (χ0v) is 22.8. The van der Waals surface area contributed by atoms with Gasteiger partial charge in [-0.25, -0.2) is 9.18 Å². The first-order valence-electron chi connectivity index (χ1n) is 12.6. The first-order chi connectivity index (χ1) is 17.9. The number of nitrogens with zero attached hydrogens (tertiary/aromatic N) is 2. The van der Waals surface area contributed by atoms with Crippen LogP contribution in [0.3, 0.4) is 0 Å². The third-order valence-electron chi connectivity index (χ3n) is 6.38. The Bertz CT molecular complexity index is 1290. The van der Waals surface area contributed by atoms with Gasteiger partial charge in [0.1, 0.15) is 23.5 Å². The van der Waals surface area contributed by atoms with Crippen molar-refractivity contribution < 1.29 is 23.5 Å². The Hall–Kier alpha value is -3.94. The van der Waals surface area contributed by atoms with Gasteiger partial charge < -0.3 is 15.0 Å². The molecule has 0 heterocycles. The number of hydrogen-bond acceptors (Lipinski definition) is 4. The van der Waals surface area contributed by atoms with Crippen LogP contribution in [0.1, 0.15) is 31.9 Å². The minimum absolute atomic E-state index is 0.182. The van der Waals surface area contributed by atoms with Crippen LogP contribution in [0.5, 0.6) is 0 Å². The van der Waals surface area contributed by atoms with Crippen molar-refractivity contribution in [2.45, 2.75) is 51.3 Å². The predicted octanol–water partition coefficient (Wildman–Crippen LogP) is 4.57. The first-order valence-corrected chi connectivity index (χ1v) is 12.6. The summed E-state index contributed by atoms with van der Waals surface area (Å²) in [6.45, 7) is 5.28. The summed E-state index contributed by atoms with van der Waals surface area (Å²) in [7, 11) is 4.57. The van der Waals surface area contributed by atoms with Gasteiger partial charge in [-0.3, -0.25) is 14.5 Å². The fourth-order valence-corrected chi connectivity index (χ4v) is 4.24. The summed E-state index contributed by atoms with van der Waals surface area (Å²) >= 11 is 0. The van der Waals surface area contributed by atoms with Gasteiger partial charge in [0.2, 0.25) is 11.8 Å². The lowest BCUT2D eigenvalue weighted by atomic mass is 9.98. The summed E-state index contributed by atoms with van der Waals surface area (Å²) < 4.78 is 19.0. The molecule has 38 heavy (non-hydrogen) atoms. The van der Waals surface area contributed by atoms with E-state index in [1.165, 1.54) is 36.0 Å². The average Bonchev–Trinajstić information content (AvgIpc) is 2.88. The minimum Gasteiger partial charge on any atom is -0.444 e. The number of carbonyl (C=O) groups is 3. The smallest absolute Gasteiger partial charge is 0.410 e. The Morgan fingerprint density at radius 2 is 1.42 bits per heavy atom. The summed E-state index contributed by atoms with van der Waals surface area (Å²) in [5, 5.41) is 4.70. The van der Waals surface area contributed by atoms with E-state index in [0.29, 0.717) is 5.56 Å². The maximum absolute atomic E-state index is 14.0. The van der Waals surface area contributed by atoms with Crippen LogP contribution in [0.15, 0.2) is 66.7 Å². The lowest BCUT2D eigenvalue weighted by Gasteiger charge is -2.35. The molecule has 202 valence electrons. The Balaban J connectivity index is 1.95. The molecule has 0 fully saturated rings. The molecule has 0 unspecified atom stereocenters. The molecule has 0 saturated carbocycles. The largest absolute Gasteiger partial charge is 0.444 e. The highest BCUT2D eigenvalue weighted by Crippen LogP contribution is 2.21. The van der Waals surface area contributed by atoms with E-state index in [0.717, 1.165) is 16.3 Å². The number of benzene rings is 3. The molecule has 0 bridgehead atoms. The van der Waals surface area contributed by atoms with E-state index >= 15 is 0 Å². The number of carbonyl (C=O) groups excluding carboxylic acids is 3. The quantitative estimate of drug-likeness (QED) is 0.471. The maximum Gasteiger partial charge on any atom is 0.410 e. The zero-order chi connectivity index (χ0) is 28.0. The van der Waals surface area contributed by atoms with Crippen LogP contribution in [-0.2, 0) is 27.2 Å². The topological polar surface area (TPSA) is 79.0 Å². The molecule has 0 spiro atoms. The number of nitrogens with one attached hydrogen (secondary N) is 1. The molecule has 0 aliphatic carbocycles. The van der Waals surface area contributed by atoms with E-state index < -0.39 is 29.7 Å². The van der Waals surface area contributed by atoms with Crippen molar-refractivity contribution in [2.75, 3.05) is 21.1 Å². The third kappa shape index (κ3) is 7.31. The van der Waals surface area contributed by atoms with Gasteiger partial charge in [-0.1, -0.05) is 54.6 Å². The predicted molar refractivity (Wildman–Crippen MR) is 146 cm³/mol. The second-order valence-electron chi connectivity index (χ2n) is 10.4. The Labute approximate surface area is 223 Å². The highest BCUT2D eigenvalue weighted by Gasteiger charge is 2.36. The normalized spacial score (nSPS) is 12.9. The van der Waals surface area contributed by atoms with Crippen molar-refractivity contribution in [3.63, 3.8) is 0 Å². The van der Waals surface area contributed by atoms with Gasteiger partial charge in [-0.2, -0.15) is 0 Å². The Morgan fingerprint density at radius 1 is 0.842 bits per heavy atom.